The Morgan fingerprint density at radius 3 is 2.69 bits per heavy atom. The zero-order valence-corrected chi connectivity index (χ0v) is 19.8. The molecule has 166 valence electrons. The maximum Gasteiger partial charge on any atom is 0.338 e. The van der Waals surface area contributed by atoms with Crippen LogP contribution in [-0.2, 0) is 9.53 Å². The van der Waals surface area contributed by atoms with E-state index < -0.39 is 12.0 Å². The van der Waals surface area contributed by atoms with Crippen molar-refractivity contribution >= 4 is 34.7 Å². The molecule has 8 heteroatoms. The number of allylic oxidation sites excluding steroid dienone is 1. The Morgan fingerprint density at radius 1 is 1.25 bits per heavy atom. The van der Waals surface area contributed by atoms with Crippen molar-refractivity contribution in [2.45, 2.75) is 32.7 Å². The Hall–Kier alpha value is -2.97. The number of carbonyl (C=O) groups excluding carboxylic acids is 1. The molecule has 0 spiro atoms. The number of unbranched alkanes of at least 4 members (excludes halogenated alkanes) is 1. The number of rotatable bonds is 7. The number of carbonyl (C=O) groups is 1. The lowest BCUT2D eigenvalue weighted by Crippen LogP contribution is -2.39. The summed E-state index contributed by atoms with van der Waals surface area (Å²) in [5, 5.41) is 1.97. The zero-order chi connectivity index (χ0) is 22.7. The van der Waals surface area contributed by atoms with Gasteiger partial charge < -0.3 is 9.47 Å². The van der Waals surface area contributed by atoms with Crippen molar-refractivity contribution in [1.82, 2.24) is 4.57 Å². The molecule has 0 amide bonds. The van der Waals surface area contributed by atoms with Crippen molar-refractivity contribution < 1.29 is 14.3 Å². The number of hydrogen-bond acceptors (Lipinski definition) is 7. The summed E-state index contributed by atoms with van der Waals surface area (Å²) in [4.78, 5) is 32.2. The average Bonchev–Trinajstić information content (AvgIpc) is 3.41. The molecule has 1 aliphatic rings. The maximum atomic E-state index is 13.4. The Balaban J connectivity index is 1.83. The summed E-state index contributed by atoms with van der Waals surface area (Å²) >= 11 is 2.89. The number of thiophene rings is 1. The quantitative estimate of drug-likeness (QED) is 0.392. The summed E-state index contributed by atoms with van der Waals surface area (Å²) in [6, 6.07) is 10.8. The van der Waals surface area contributed by atoms with Gasteiger partial charge in [-0.2, -0.15) is 0 Å². The van der Waals surface area contributed by atoms with Crippen LogP contribution in [0.25, 0.3) is 6.08 Å². The molecule has 4 rings (SSSR count). The standard InChI is InChI=1S/C24H24N2O4S2/c1-4-5-12-30-17-10-8-16(9-11-17)21-20(23(28)29-3)15(2)25-24-26(21)22(27)19(32-24)14-18-7-6-13-31-18/h6-11,13-14,21H,4-5,12H2,1-3H3. The third-order valence-corrected chi connectivity index (χ3v) is 7.01. The fraction of sp³-hybridized carbons (Fsp3) is 0.292. The van der Waals surface area contributed by atoms with Crippen molar-refractivity contribution in [2.75, 3.05) is 13.7 Å². The summed E-state index contributed by atoms with van der Waals surface area (Å²) in [5.41, 5.74) is 1.53. The van der Waals surface area contributed by atoms with E-state index in [1.807, 2.05) is 47.9 Å². The van der Waals surface area contributed by atoms with Gasteiger partial charge in [0.15, 0.2) is 4.80 Å². The van der Waals surface area contributed by atoms with Gasteiger partial charge in [-0.25, -0.2) is 9.79 Å². The number of nitrogens with zero attached hydrogens (tertiary/aromatic N) is 2. The molecule has 1 aromatic carbocycles. The number of fused-ring (bicyclic) bond motifs is 1. The van der Waals surface area contributed by atoms with E-state index in [1.54, 1.807) is 22.8 Å². The molecule has 2 aromatic heterocycles. The topological polar surface area (TPSA) is 69.9 Å². The average molecular weight is 469 g/mol. The Morgan fingerprint density at radius 2 is 2.03 bits per heavy atom. The Bertz CT molecular complexity index is 1320. The molecule has 1 atom stereocenters. The lowest BCUT2D eigenvalue weighted by Gasteiger charge is -2.24. The number of hydrogen-bond donors (Lipinski definition) is 0. The van der Waals surface area contributed by atoms with Crippen LogP contribution in [0.4, 0.5) is 0 Å². The molecule has 3 heterocycles. The van der Waals surface area contributed by atoms with Crippen molar-refractivity contribution in [2.24, 2.45) is 4.99 Å². The minimum Gasteiger partial charge on any atom is -0.494 e. The smallest absolute Gasteiger partial charge is 0.338 e. The van der Waals surface area contributed by atoms with Crippen molar-refractivity contribution in [3.63, 3.8) is 0 Å². The molecule has 0 saturated heterocycles. The fourth-order valence-corrected chi connectivity index (χ4v) is 5.36. The monoisotopic (exact) mass is 468 g/mol. The van der Waals surface area contributed by atoms with Crippen LogP contribution in [0.3, 0.4) is 0 Å². The van der Waals surface area contributed by atoms with Gasteiger partial charge in [-0.1, -0.05) is 42.9 Å². The lowest BCUT2D eigenvalue weighted by molar-refractivity contribution is -0.136. The highest BCUT2D eigenvalue weighted by Crippen LogP contribution is 2.31. The molecule has 0 N–H and O–H groups in total. The van der Waals surface area contributed by atoms with Crippen LogP contribution in [0.2, 0.25) is 0 Å². The molecule has 1 aliphatic heterocycles. The van der Waals surface area contributed by atoms with Gasteiger partial charge in [0, 0.05) is 4.88 Å². The zero-order valence-electron chi connectivity index (χ0n) is 18.2. The van der Waals surface area contributed by atoms with Gasteiger partial charge in [0.25, 0.3) is 5.56 Å². The first kappa shape index (κ1) is 22.2. The van der Waals surface area contributed by atoms with Crippen molar-refractivity contribution in [1.29, 1.82) is 0 Å². The number of methoxy groups -OCH3 is 1. The fourth-order valence-electron chi connectivity index (χ4n) is 3.59. The Kier molecular flexibility index (Phi) is 6.72. The summed E-state index contributed by atoms with van der Waals surface area (Å²) in [7, 11) is 1.34. The molecule has 0 fully saturated rings. The van der Waals surface area contributed by atoms with Gasteiger partial charge in [0.05, 0.1) is 35.6 Å². The largest absolute Gasteiger partial charge is 0.494 e. The van der Waals surface area contributed by atoms with E-state index >= 15 is 0 Å². The predicted octanol–water partition coefficient (Wildman–Crippen LogP) is 3.65. The van der Waals surface area contributed by atoms with Crippen molar-refractivity contribution in [3.05, 3.63) is 83.2 Å². The SMILES string of the molecule is CCCCOc1ccc(C2C(C(=O)OC)=C(C)N=c3sc(=Cc4cccs4)c(=O)n32)cc1. The third-order valence-electron chi connectivity index (χ3n) is 5.21. The molecular weight excluding hydrogens is 444 g/mol. The number of benzene rings is 1. The summed E-state index contributed by atoms with van der Waals surface area (Å²) in [6.45, 7) is 4.54. The molecule has 0 bridgehead atoms. The summed E-state index contributed by atoms with van der Waals surface area (Å²) in [6.07, 6.45) is 3.91. The highest BCUT2D eigenvalue weighted by atomic mass is 32.1. The molecular formula is C24H24N2O4S2. The predicted molar refractivity (Wildman–Crippen MR) is 127 cm³/mol. The lowest BCUT2D eigenvalue weighted by atomic mass is 9.96. The number of esters is 1. The van der Waals surface area contributed by atoms with Crippen LogP contribution in [0.1, 0.15) is 43.2 Å². The summed E-state index contributed by atoms with van der Waals surface area (Å²) < 4.78 is 13.0. The van der Waals surface area contributed by atoms with Crippen LogP contribution in [0.15, 0.2) is 62.8 Å². The third kappa shape index (κ3) is 4.33. The van der Waals surface area contributed by atoms with E-state index in [4.69, 9.17) is 9.47 Å². The molecule has 32 heavy (non-hydrogen) atoms. The minimum atomic E-state index is -0.617. The molecule has 1 unspecified atom stereocenters. The van der Waals surface area contributed by atoms with Gasteiger partial charge in [-0.3, -0.25) is 9.36 Å². The van der Waals surface area contributed by atoms with Crippen LogP contribution in [-0.4, -0.2) is 24.3 Å². The van der Waals surface area contributed by atoms with Gasteiger partial charge in [-0.05, 0) is 48.6 Å². The number of thiazole rings is 1. The second-order valence-corrected chi connectivity index (χ2v) is 9.35. The summed E-state index contributed by atoms with van der Waals surface area (Å²) in [5.74, 6) is 0.264. The van der Waals surface area contributed by atoms with E-state index in [0.717, 1.165) is 29.0 Å². The second-order valence-electron chi connectivity index (χ2n) is 7.36. The minimum absolute atomic E-state index is 0.177. The van der Waals surface area contributed by atoms with Crippen LogP contribution >= 0.6 is 22.7 Å². The first-order chi connectivity index (χ1) is 15.5. The maximum absolute atomic E-state index is 13.4. The van der Waals surface area contributed by atoms with E-state index in [2.05, 4.69) is 11.9 Å². The molecule has 0 radical (unpaired) electrons. The first-order valence-corrected chi connectivity index (χ1v) is 12.1. The van der Waals surface area contributed by atoms with Crippen molar-refractivity contribution in [3.8, 4) is 5.75 Å². The van der Waals surface area contributed by atoms with Gasteiger partial charge >= 0.3 is 5.97 Å². The molecule has 6 nitrogen and oxygen atoms in total. The van der Waals surface area contributed by atoms with E-state index in [-0.39, 0.29) is 5.56 Å². The van der Waals surface area contributed by atoms with Gasteiger partial charge in [-0.15, -0.1) is 11.3 Å². The first-order valence-electron chi connectivity index (χ1n) is 10.4. The highest BCUT2D eigenvalue weighted by Gasteiger charge is 2.33. The van der Waals surface area contributed by atoms with Crippen LogP contribution < -0.4 is 19.6 Å². The van der Waals surface area contributed by atoms with Crippen LogP contribution in [0, 0.1) is 0 Å². The van der Waals surface area contributed by atoms with Crippen LogP contribution in [0.5, 0.6) is 5.75 Å². The molecule has 3 aromatic rings. The molecule has 0 aliphatic carbocycles. The molecule has 0 saturated carbocycles. The normalized spacial score (nSPS) is 16.0. The van der Waals surface area contributed by atoms with E-state index in [0.29, 0.717) is 27.2 Å². The van der Waals surface area contributed by atoms with Gasteiger partial charge in [0.1, 0.15) is 5.75 Å². The van der Waals surface area contributed by atoms with Gasteiger partial charge in [0.2, 0.25) is 0 Å². The van der Waals surface area contributed by atoms with E-state index in [1.165, 1.54) is 18.4 Å². The second kappa shape index (κ2) is 9.67. The number of ether oxygens (including phenoxy) is 2. The van der Waals surface area contributed by atoms with E-state index in [9.17, 15) is 9.59 Å². The highest BCUT2D eigenvalue weighted by molar-refractivity contribution is 7.11. The number of aromatic nitrogens is 1. The Labute approximate surface area is 193 Å².